The number of hydrogen-bond acceptors (Lipinski definition) is 8. The van der Waals surface area contributed by atoms with E-state index in [4.69, 9.17) is 4.74 Å². The first-order valence-electron chi connectivity index (χ1n) is 12.0. The van der Waals surface area contributed by atoms with Crippen LogP contribution in [0.5, 0.6) is 5.88 Å². The van der Waals surface area contributed by atoms with Crippen LogP contribution in [-0.2, 0) is 9.59 Å². The van der Waals surface area contributed by atoms with Gasteiger partial charge in [0.1, 0.15) is 6.10 Å². The maximum atomic E-state index is 12.9. The summed E-state index contributed by atoms with van der Waals surface area (Å²) in [6, 6.07) is 10.7. The molecule has 2 aromatic heterocycles. The average Bonchev–Trinajstić information content (AvgIpc) is 2.91. The maximum absolute atomic E-state index is 12.9. The molecule has 0 unspecified atom stereocenters. The van der Waals surface area contributed by atoms with E-state index in [1.807, 2.05) is 12.1 Å². The van der Waals surface area contributed by atoms with Crippen LogP contribution in [-0.4, -0.2) is 51.0 Å². The van der Waals surface area contributed by atoms with E-state index in [1.165, 1.54) is 18.9 Å². The first-order chi connectivity index (χ1) is 17.4. The molecular formula is C26H28N4O5S. The van der Waals surface area contributed by atoms with Crippen LogP contribution in [0.1, 0.15) is 37.4 Å². The predicted molar refractivity (Wildman–Crippen MR) is 137 cm³/mol. The van der Waals surface area contributed by atoms with Crippen molar-refractivity contribution in [2.75, 3.05) is 23.5 Å². The van der Waals surface area contributed by atoms with Gasteiger partial charge in [0, 0.05) is 34.3 Å². The number of aromatic nitrogens is 2. The molecule has 1 saturated carbocycles. The van der Waals surface area contributed by atoms with Crippen molar-refractivity contribution in [1.29, 1.82) is 0 Å². The van der Waals surface area contributed by atoms with Gasteiger partial charge in [-0.25, -0.2) is 4.98 Å². The summed E-state index contributed by atoms with van der Waals surface area (Å²) in [5.74, 6) is 0.349. The summed E-state index contributed by atoms with van der Waals surface area (Å²) in [5, 5.41) is 27.8. The second kappa shape index (κ2) is 10.4. The van der Waals surface area contributed by atoms with Crippen molar-refractivity contribution in [3.8, 4) is 5.88 Å². The largest absolute Gasteiger partial charge is 0.481 e. The SMILES string of the molecule is COc1ccc2nccc([C@@H](O)[C@H](O)C3CCC(C(=O)Nc4ccc5c(c4)NC(=O)CS5)CC3)c2n1. The van der Waals surface area contributed by atoms with E-state index in [0.29, 0.717) is 65.3 Å². The van der Waals surface area contributed by atoms with Gasteiger partial charge >= 0.3 is 0 Å². The number of ether oxygens (including phenoxy) is 1. The van der Waals surface area contributed by atoms with Crippen molar-refractivity contribution in [1.82, 2.24) is 9.97 Å². The Balaban J connectivity index is 1.21. The number of aliphatic hydroxyl groups excluding tert-OH is 2. The molecule has 10 heteroatoms. The van der Waals surface area contributed by atoms with Crippen molar-refractivity contribution in [3.63, 3.8) is 0 Å². The Hall–Kier alpha value is -3.21. The van der Waals surface area contributed by atoms with Crippen molar-refractivity contribution in [2.24, 2.45) is 11.8 Å². The van der Waals surface area contributed by atoms with E-state index in [0.717, 1.165) is 4.90 Å². The lowest BCUT2D eigenvalue weighted by Crippen LogP contribution is -2.34. The Bertz CT molecular complexity index is 1290. The third-order valence-electron chi connectivity index (χ3n) is 6.95. The Morgan fingerprint density at radius 1 is 1.17 bits per heavy atom. The molecule has 0 saturated heterocycles. The van der Waals surface area contributed by atoms with Crippen molar-refractivity contribution in [3.05, 3.63) is 48.2 Å². The molecule has 36 heavy (non-hydrogen) atoms. The third kappa shape index (κ3) is 5.02. The molecular weight excluding hydrogens is 480 g/mol. The maximum Gasteiger partial charge on any atom is 0.234 e. The minimum absolute atomic E-state index is 0.0512. The summed E-state index contributed by atoms with van der Waals surface area (Å²) in [6.07, 6.45) is 1.93. The first-order valence-corrected chi connectivity index (χ1v) is 12.9. The molecule has 1 aliphatic heterocycles. The number of nitrogens with one attached hydrogen (secondary N) is 2. The highest BCUT2D eigenvalue weighted by Crippen LogP contribution is 2.38. The minimum Gasteiger partial charge on any atom is -0.481 e. The topological polar surface area (TPSA) is 134 Å². The van der Waals surface area contributed by atoms with Crippen LogP contribution < -0.4 is 15.4 Å². The second-order valence-corrected chi connectivity index (χ2v) is 10.2. The van der Waals surface area contributed by atoms with Gasteiger partial charge in [-0.1, -0.05) is 0 Å². The Morgan fingerprint density at radius 3 is 2.75 bits per heavy atom. The summed E-state index contributed by atoms with van der Waals surface area (Å²) in [7, 11) is 1.52. The zero-order valence-corrected chi connectivity index (χ0v) is 20.6. The van der Waals surface area contributed by atoms with Gasteiger partial charge in [-0.05, 0) is 61.9 Å². The van der Waals surface area contributed by atoms with E-state index in [1.54, 1.807) is 30.5 Å². The van der Waals surface area contributed by atoms with Gasteiger partial charge < -0.3 is 25.6 Å². The normalized spacial score (nSPS) is 21.2. The number of hydrogen-bond donors (Lipinski definition) is 4. The van der Waals surface area contributed by atoms with E-state index in [9.17, 15) is 19.8 Å². The second-order valence-electron chi connectivity index (χ2n) is 9.21. The lowest BCUT2D eigenvalue weighted by molar-refractivity contribution is -0.121. The van der Waals surface area contributed by atoms with Crippen molar-refractivity contribution in [2.45, 2.75) is 42.8 Å². The predicted octanol–water partition coefficient (Wildman–Crippen LogP) is 3.52. The lowest BCUT2D eigenvalue weighted by Gasteiger charge is -2.33. The molecule has 0 radical (unpaired) electrons. The van der Waals surface area contributed by atoms with Crippen molar-refractivity contribution >= 4 is 46.0 Å². The monoisotopic (exact) mass is 508 g/mol. The molecule has 4 N–H and O–H groups in total. The highest BCUT2D eigenvalue weighted by atomic mass is 32.2. The zero-order valence-electron chi connectivity index (χ0n) is 19.8. The van der Waals surface area contributed by atoms with E-state index >= 15 is 0 Å². The summed E-state index contributed by atoms with van der Waals surface area (Å²) in [5.41, 5.74) is 2.97. The average molecular weight is 509 g/mol. The molecule has 3 heterocycles. The number of amides is 2. The molecule has 188 valence electrons. The van der Waals surface area contributed by atoms with Crippen molar-refractivity contribution < 1.29 is 24.5 Å². The summed E-state index contributed by atoms with van der Waals surface area (Å²) in [6.45, 7) is 0. The smallest absolute Gasteiger partial charge is 0.234 e. The van der Waals surface area contributed by atoms with Crippen LogP contribution in [0.2, 0.25) is 0 Å². The fraction of sp³-hybridized carbons (Fsp3) is 0.385. The van der Waals surface area contributed by atoms with E-state index < -0.39 is 12.2 Å². The summed E-state index contributed by atoms with van der Waals surface area (Å²) >= 11 is 1.48. The number of pyridine rings is 2. The molecule has 9 nitrogen and oxygen atoms in total. The van der Waals surface area contributed by atoms with Crippen LogP contribution >= 0.6 is 11.8 Å². The number of thioether (sulfide) groups is 1. The molecule has 0 spiro atoms. The number of carbonyl (C=O) groups is 2. The number of anilines is 2. The van der Waals surface area contributed by atoms with Gasteiger partial charge in [-0.3, -0.25) is 14.6 Å². The van der Waals surface area contributed by atoms with Gasteiger partial charge in [-0.15, -0.1) is 11.8 Å². The number of methoxy groups -OCH3 is 1. The van der Waals surface area contributed by atoms with Crippen LogP contribution in [0.25, 0.3) is 11.0 Å². The number of aliphatic hydroxyl groups is 2. The molecule has 2 aliphatic rings. The Kier molecular flexibility index (Phi) is 7.08. The number of fused-ring (bicyclic) bond motifs is 2. The molecule has 1 aliphatic carbocycles. The molecule has 0 bridgehead atoms. The highest BCUT2D eigenvalue weighted by molar-refractivity contribution is 8.00. The molecule has 1 aromatic carbocycles. The summed E-state index contributed by atoms with van der Waals surface area (Å²) < 4.78 is 5.20. The Morgan fingerprint density at radius 2 is 1.97 bits per heavy atom. The van der Waals surface area contributed by atoms with Crippen LogP contribution in [0.3, 0.4) is 0 Å². The van der Waals surface area contributed by atoms with E-state index in [-0.39, 0.29) is 23.7 Å². The molecule has 2 amide bonds. The molecule has 2 atom stereocenters. The lowest BCUT2D eigenvalue weighted by atomic mass is 9.77. The van der Waals surface area contributed by atoms with Crippen LogP contribution in [0.4, 0.5) is 11.4 Å². The van der Waals surface area contributed by atoms with Crippen LogP contribution in [0, 0.1) is 11.8 Å². The van der Waals surface area contributed by atoms with Gasteiger partial charge in [0.25, 0.3) is 0 Å². The summed E-state index contributed by atoms with van der Waals surface area (Å²) in [4.78, 5) is 34.2. The number of nitrogens with zero attached hydrogens (tertiary/aromatic N) is 2. The van der Waals surface area contributed by atoms with E-state index in [2.05, 4.69) is 20.6 Å². The number of rotatable bonds is 6. The molecule has 1 fully saturated rings. The van der Waals surface area contributed by atoms with Gasteiger partial charge in [0.15, 0.2) is 0 Å². The zero-order chi connectivity index (χ0) is 25.2. The molecule has 5 rings (SSSR count). The minimum atomic E-state index is -1.13. The fourth-order valence-corrected chi connectivity index (χ4v) is 5.74. The number of benzene rings is 1. The highest BCUT2D eigenvalue weighted by Gasteiger charge is 2.34. The number of carbonyl (C=O) groups excluding carboxylic acids is 2. The Labute approximate surface area is 212 Å². The fourth-order valence-electron chi connectivity index (χ4n) is 4.95. The molecule has 3 aromatic rings. The quantitative estimate of drug-likeness (QED) is 0.397. The standard InChI is InChI=1S/C26H28N4O5S/c1-35-22-9-7-18-23(30-22)17(10-11-27-18)25(33)24(32)14-2-4-15(5-3-14)26(34)28-16-6-8-20-19(12-16)29-21(31)13-36-20/h6-12,14-15,24-25,32-33H,2-5,13H2,1H3,(H,28,34)(H,29,31)/t14?,15?,24-,25-/m1/s1. The first kappa shape index (κ1) is 24.5. The van der Waals surface area contributed by atoms with Gasteiger partial charge in [0.05, 0.1) is 35.7 Å². The van der Waals surface area contributed by atoms with Gasteiger partial charge in [0.2, 0.25) is 17.7 Å². The third-order valence-corrected chi connectivity index (χ3v) is 8.02. The van der Waals surface area contributed by atoms with Gasteiger partial charge in [-0.2, -0.15) is 0 Å². The van der Waals surface area contributed by atoms with Crippen LogP contribution in [0.15, 0.2) is 47.5 Å².